The van der Waals surface area contributed by atoms with Gasteiger partial charge in [-0.2, -0.15) is 0 Å². The van der Waals surface area contributed by atoms with Gasteiger partial charge in [-0.25, -0.2) is 14.4 Å². The van der Waals surface area contributed by atoms with E-state index in [1.807, 2.05) is 0 Å². The Balaban J connectivity index is 1.69. The molecule has 0 fully saturated rings. The molecule has 7 heteroatoms. The van der Waals surface area contributed by atoms with Gasteiger partial charge in [-0.15, -0.1) is 11.8 Å². The highest BCUT2D eigenvalue weighted by Crippen LogP contribution is 2.18. The minimum absolute atomic E-state index is 0.179. The van der Waals surface area contributed by atoms with E-state index >= 15 is 0 Å². The average Bonchev–Trinajstić information content (AvgIpc) is 2.49. The number of amides is 1. The first-order chi connectivity index (χ1) is 10.2. The van der Waals surface area contributed by atoms with Gasteiger partial charge in [0.15, 0.2) is 0 Å². The second-order valence-corrected chi connectivity index (χ2v) is 5.71. The second-order valence-electron chi connectivity index (χ2n) is 4.13. The standard InChI is InChI=1S/C14H13ClFN3OS/c15-12-8-17-9-19-13(12)14(20)18-6-1-7-21-11-4-2-10(16)3-5-11/h2-5,8-9H,1,6-7H2,(H,18,20). The van der Waals surface area contributed by atoms with Crippen molar-refractivity contribution in [2.24, 2.45) is 0 Å². The average molecular weight is 326 g/mol. The Morgan fingerprint density at radius 2 is 2.10 bits per heavy atom. The number of thioether (sulfide) groups is 1. The molecule has 0 aliphatic carbocycles. The van der Waals surface area contributed by atoms with E-state index in [4.69, 9.17) is 11.6 Å². The van der Waals surface area contributed by atoms with E-state index in [9.17, 15) is 9.18 Å². The molecule has 1 aromatic heterocycles. The van der Waals surface area contributed by atoms with Gasteiger partial charge in [0.2, 0.25) is 0 Å². The number of hydrogen-bond donors (Lipinski definition) is 1. The van der Waals surface area contributed by atoms with Crippen LogP contribution in [0.1, 0.15) is 16.9 Å². The fraction of sp³-hybridized carbons (Fsp3) is 0.214. The Bertz CT molecular complexity index is 609. The normalized spacial score (nSPS) is 10.4. The molecule has 110 valence electrons. The fourth-order valence-electron chi connectivity index (χ4n) is 1.56. The van der Waals surface area contributed by atoms with Gasteiger partial charge in [0.25, 0.3) is 5.91 Å². The molecule has 21 heavy (non-hydrogen) atoms. The highest BCUT2D eigenvalue weighted by molar-refractivity contribution is 7.99. The Labute approximate surface area is 131 Å². The lowest BCUT2D eigenvalue weighted by Crippen LogP contribution is -2.26. The summed E-state index contributed by atoms with van der Waals surface area (Å²) < 4.78 is 12.7. The molecule has 2 rings (SSSR count). The Morgan fingerprint density at radius 3 is 2.81 bits per heavy atom. The first-order valence-corrected chi connectivity index (χ1v) is 7.65. The van der Waals surface area contributed by atoms with Gasteiger partial charge in [-0.3, -0.25) is 4.79 Å². The molecule has 1 aromatic carbocycles. The molecule has 0 saturated heterocycles. The first-order valence-electron chi connectivity index (χ1n) is 6.29. The van der Waals surface area contributed by atoms with Crippen LogP contribution in [0.25, 0.3) is 0 Å². The third-order valence-electron chi connectivity index (χ3n) is 2.57. The maximum absolute atomic E-state index is 12.7. The van der Waals surface area contributed by atoms with Gasteiger partial charge in [-0.1, -0.05) is 11.6 Å². The molecule has 0 radical (unpaired) electrons. The van der Waals surface area contributed by atoms with Crippen molar-refractivity contribution >= 4 is 29.3 Å². The lowest BCUT2D eigenvalue weighted by atomic mass is 10.3. The number of hydrogen-bond acceptors (Lipinski definition) is 4. The number of halogens is 2. The molecule has 0 saturated carbocycles. The minimum Gasteiger partial charge on any atom is -0.351 e. The lowest BCUT2D eigenvalue weighted by molar-refractivity contribution is 0.0949. The summed E-state index contributed by atoms with van der Waals surface area (Å²) in [6.07, 6.45) is 3.45. The molecule has 0 spiro atoms. The molecular formula is C14H13ClFN3OS. The zero-order valence-electron chi connectivity index (χ0n) is 11.1. The molecule has 0 unspecified atom stereocenters. The van der Waals surface area contributed by atoms with Crippen LogP contribution in [0.15, 0.2) is 41.7 Å². The van der Waals surface area contributed by atoms with E-state index in [0.717, 1.165) is 17.1 Å². The topological polar surface area (TPSA) is 54.9 Å². The van der Waals surface area contributed by atoms with Crippen LogP contribution >= 0.6 is 23.4 Å². The summed E-state index contributed by atoms with van der Waals surface area (Å²) in [5, 5.41) is 2.98. The van der Waals surface area contributed by atoms with Gasteiger partial charge in [0, 0.05) is 17.6 Å². The lowest BCUT2D eigenvalue weighted by Gasteiger charge is -2.05. The van der Waals surface area contributed by atoms with Crippen LogP contribution in [-0.4, -0.2) is 28.2 Å². The highest BCUT2D eigenvalue weighted by Gasteiger charge is 2.10. The smallest absolute Gasteiger partial charge is 0.271 e. The van der Waals surface area contributed by atoms with E-state index in [1.54, 1.807) is 23.9 Å². The summed E-state index contributed by atoms with van der Waals surface area (Å²) in [6.45, 7) is 0.521. The summed E-state index contributed by atoms with van der Waals surface area (Å²) in [5.74, 6) is 0.270. The van der Waals surface area contributed by atoms with Crippen molar-refractivity contribution in [1.82, 2.24) is 15.3 Å². The van der Waals surface area contributed by atoms with Crippen molar-refractivity contribution in [2.75, 3.05) is 12.3 Å². The van der Waals surface area contributed by atoms with Crippen molar-refractivity contribution in [1.29, 1.82) is 0 Å². The zero-order chi connectivity index (χ0) is 15.1. The number of rotatable bonds is 6. The Morgan fingerprint density at radius 1 is 1.33 bits per heavy atom. The van der Waals surface area contributed by atoms with Crippen molar-refractivity contribution in [3.63, 3.8) is 0 Å². The van der Waals surface area contributed by atoms with Crippen molar-refractivity contribution in [3.05, 3.63) is 53.3 Å². The molecule has 1 amide bonds. The number of carbonyl (C=O) groups excluding carboxylic acids is 1. The van der Waals surface area contributed by atoms with Crippen LogP contribution in [0.3, 0.4) is 0 Å². The highest BCUT2D eigenvalue weighted by atomic mass is 35.5. The molecular weight excluding hydrogens is 313 g/mol. The maximum Gasteiger partial charge on any atom is 0.271 e. The van der Waals surface area contributed by atoms with Gasteiger partial charge < -0.3 is 5.32 Å². The third-order valence-corrected chi connectivity index (χ3v) is 3.95. The Hall–Kier alpha value is -1.66. The molecule has 4 nitrogen and oxygen atoms in total. The molecule has 0 aliphatic rings. The van der Waals surface area contributed by atoms with Crippen LogP contribution in [0.4, 0.5) is 4.39 Å². The first kappa shape index (κ1) is 15.7. The van der Waals surface area contributed by atoms with Crippen LogP contribution in [0.2, 0.25) is 5.02 Å². The van der Waals surface area contributed by atoms with E-state index in [2.05, 4.69) is 15.3 Å². The van der Waals surface area contributed by atoms with Crippen LogP contribution in [-0.2, 0) is 0 Å². The van der Waals surface area contributed by atoms with Crippen LogP contribution in [0.5, 0.6) is 0 Å². The fourth-order valence-corrected chi connectivity index (χ4v) is 2.60. The predicted octanol–water partition coefficient (Wildman–Crippen LogP) is 3.18. The van der Waals surface area contributed by atoms with E-state index in [0.29, 0.717) is 6.54 Å². The van der Waals surface area contributed by atoms with Crippen LogP contribution in [0, 0.1) is 5.82 Å². The van der Waals surface area contributed by atoms with E-state index in [1.165, 1.54) is 24.7 Å². The van der Waals surface area contributed by atoms with Gasteiger partial charge in [-0.05, 0) is 36.4 Å². The molecule has 0 aliphatic heterocycles. The summed E-state index contributed by atoms with van der Waals surface area (Å²) in [5.41, 5.74) is 0.179. The van der Waals surface area contributed by atoms with Gasteiger partial charge >= 0.3 is 0 Å². The summed E-state index contributed by atoms with van der Waals surface area (Å²) in [4.78, 5) is 20.4. The maximum atomic E-state index is 12.7. The molecule has 0 bridgehead atoms. The largest absolute Gasteiger partial charge is 0.351 e. The van der Waals surface area contributed by atoms with Crippen molar-refractivity contribution < 1.29 is 9.18 Å². The number of benzene rings is 1. The SMILES string of the molecule is O=C(NCCCSc1ccc(F)cc1)c1ncncc1Cl. The minimum atomic E-state index is -0.311. The zero-order valence-corrected chi connectivity index (χ0v) is 12.6. The third kappa shape index (κ3) is 4.99. The molecule has 1 heterocycles. The number of nitrogens with one attached hydrogen (secondary N) is 1. The number of aromatic nitrogens is 2. The van der Waals surface area contributed by atoms with Crippen molar-refractivity contribution in [2.45, 2.75) is 11.3 Å². The quantitative estimate of drug-likeness (QED) is 0.654. The number of nitrogens with zero attached hydrogens (tertiary/aromatic N) is 2. The summed E-state index contributed by atoms with van der Waals surface area (Å²) >= 11 is 7.44. The summed E-state index contributed by atoms with van der Waals surface area (Å²) in [7, 11) is 0. The van der Waals surface area contributed by atoms with Gasteiger partial charge in [0.1, 0.15) is 17.8 Å². The molecule has 1 N–H and O–H groups in total. The Kier molecular flexibility index (Phi) is 5.95. The number of carbonyl (C=O) groups is 1. The second kappa shape index (κ2) is 7.95. The summed E-state index contributed by atoms with van der Waals surface area (Å²) in [6, 6.07) is 6.33. The van der Waals surface area contributed by atoms with Gasteiger partial charge in [0.05, 0.1) is 5.02 Å². The molecule has 2 aromatic rings. The predicted molar refractivity (Wildman–Crippen MR) is 81.1 cm³/mol. The van der Waals surface area contributed by atoms with E-state index < -0.39 is 0 Å². The van der Waals surface area contributed by atoms with Crippen molar-refractivity contribution in [3.8, 4) is 0 Å². The van der Waals surface area contributed by atoms with E-state index in [-0.39, 0.29) is 22.4 Å². The van der Waals surface area contributed by atoms with Crippen LogP contribution < -0.4 is 5.32 Å². The monoisotopic (exact) mass is 325 g/mol. The molecule has 0 atom stereocenters.